The molecule has 0 fully saturated rings. The number of thiophene rings is 1. The fraction of sp³-hybridized carbons (Fsp3) is 0.273. The first kappa shape index (κ1) is 20.2. The molecule has 7 heteroatoms. The van der Waals surface area contributed by atoms with Crippen LogP contribution in [0.3, 0.4) is 0 Å². The van der Waals surface area contributed by atoms with Crippen LogP contribution in [0.25, 0.3) is 0 Å². The highest BCUT2D eigenvalue weighted by molar-refractivity contribution is 9.11. The fourth-order valence-electron chi connectivity index (χ4n) is 4.16. The maximum absolute atomic E-state index is 13.3. The van der Waals surface area contributed by atoms with Crippen molar-refractivity contribution in [2.24, 2.45) is 11.1 Å². The summed E-state index contributed by atoms with van der Waals surface area (Å²) in [5, 5.41) is 10.6. The van der Waals surface area contributed by atoms with E-state index >= 15 is 0 Å². The third kappa shape index (κ3) is 3.52. The lowest BCUT2D eigenvalue weighted by Crippen LogP contribution is -2.42. The summed E-state index contributed by atoms with van der Waals surface area (Å²) >= 11 is 11.1. The van der Waals surface area contributed by atoms with E-state index in [9.17, 15) is 10.1 Å². The monoisotopic (exact) mass is 487 g/mol. The number of allylic oxidation sites excluding steroid dienone is 3. The van der Waals surface area contributed by atoms with Gasteiger partial charge >= 0.3 is 0 Å². The van der Waals surface area contributed by atoms with Crippen LogP contribution >= 0.6 is 38.9 Å². The second kappa shape index (κ2) is 7.32. The number of rotatable bonds is 2. The first-order valence-corrected chi connectivity index (χ1v) is 11.2. The number of Topliss-reactive ketones (excluding diaryl/α,β-unsaturated/α-hetero) is 1. The largest absolute Gasteiger partial charge is 0.384 e. The second-order valence-corrected chi connectivity index (χ2v) is 11.0. The van der Waals surface area contributed by atoms with Crippen molar-refractivity contribution in [3.05, 3.63) is 72.7 Å². The number of hydrogen-bond donors (Lipinski definition) is 1. The molecule has 148 valence electrons. The molecule has 1 aliphatic carbocycles. The van der Waals surface area contributed by atoms with Crippen molar-refractivity contribution in [3.8, 4) is 6.07 Å². The van der Waals surface area contributed by atoms with Gasteiger partial charge in [-0.15, -0.1) is 11.3 Å². The maximum atomic E-state index is 13.3. The van der Waals surface area contributed by atoms with Crippen LogP contribution in [0.5, 0.6) is 0 Å². The standard InChI is InChI=1S/C22H19BrClN3OS/c1-22(2)9-15-20(16(28)10-22)19(17-7-8-18(23)29-17)14(11-25)21(26)27(15)13-5-3-12(24)4-6-13/h3-8,19H,9-10,26H2,1-2H3. The molecule has 2 heterocycles. The van der Waals surface area contributed by atoms with Gasteiger partial charge in [0.15, 0.2) is 5.78 Å². The van der Waals surface area contributed by atoms with Crippen LogP contribution in [-0.4, -0.2) is 5.78 Å². The van der Waals surface area contributed by atoms with Crippen molar-refractivity contribution in [1.29, 1.82) is 5.26 Å². The van der Waals surface area contributed by atoms with E-state index in [0.29, 0.717) is 34.8 Å². The van der Waals surface area contributed by atoms with Gasteiger partial charge in [0.2, 0.25) is 0 Å². The molecule has 1 atom stereocenters. The molecular formula is C22H19BrClN3OS. The lowest BCUT2D eigenvalue weighted by Gasteiger charge is -2.43. The van der Waals surface area contributed by atoms with Gasteiger partial charge in [-0.2, -0.15) is 5.26 Å². The molecule has 4 rings (SSSR count). The topological polar surface area (TPSA) is 70.1 Å². The predicted octanol–water partition coefficient (Wildman–Crippen LogP) is 6.10. The lowest BCUT2D eigenvalue weighted by molar-refractivity contribution is -0.118. The van der Waals surface area contributed by atoms with E-state index in [0.717, 1.165) is 20.0 Å². The SMILES string of the molecule is CC1(C)CC(=O)C2=C(C1)N(c1ccc(Cl)cc1)C(N)=C(C#N)C2c1ccc(Br)s1. The number of anilines is 1. The molecule has 0 bridgehead atoms. The Hall–Kier alpha value is -2.07. The lowest BCUT2D eigenvalue weighted by atomic mass is 9.69. The van der Waals surface area contributed by atoms with Crippen molar-refractivity contribution in [1.82, 2.24) is 0 Å². The molecule has 0 saturated heterocycles. The molecular weight excluding hydrogens is 470 g/mol. The summed E-state index contributed by atoms with van der Waals surface area (Å²) in [6, 6.07) is 13.5. The summed E-state index contributed by atoms with van der Waals surface area (Å²) in [6.07, 6.45) is 1.14. The van der Waals surface area contributed by atoms with Gasteiger partial charge in [-0.25, -0.2) is 0 Å². The van der Waals surface area contributed by atoms with Crippen LogP contribution in [0.15, 0.2) is 62.8 Å². The van der Waals surface area contributed by atoms with Crippen molar-refractivity contribution >= 4 is 50.3 Å². The van der Waals surface area contributed by atoms with Gasteiger partial charge in [-0.05, 0) is 64.2 Å². The Morgan fingerprint density at radius 1 is 1.24 bits per heavy atom. The minimum atomic E-state index is -0.432. The average molecular weight is 489 g/mol. The summed E-state index contributed by atoms with van der Waals surface area (Å²) in [5.74, 6) is 0.0111. The number of nitrogens with two attached hydrogens (primary N) is 1. The Kier molecular flexibility index (Phi) is 5.10. The van der Waals surface area contributed by atoms with Crippen LogP contribution in [0.1, 0.15) is 37.5 Å². The fourth-order valence-corrected chi connectivity index (χ4v) is 5.83. The second-order valence-electron chi connectivity index (χ2n) is 8.10. The van der Waals surface area contributed by atoms with Gasteiger partial charge in [0.1, 0.15) is 5.82 Å². The molecule has 0 amide bonds. The number of carbonyl (C=O) groups excluding carboxylic acids is 1. The summed E-state index contributed by atoms with van der Waals surface area (Å²) in [7, 11) is 0. The van der Waals surface area contributed by atoms with Crippen molar-refractivity contribution in [3.63, 3.8) is 0 Å². The summed E-state index contributed by atoms with van der Waals surface area (Å²) in [6.45, 7) is 4.18. The van der Waals surface area contributed by atoms with Crippen molar-refractivity contribution in [2.75, 3.05) is 4.90 Å². The highest BCUT2D eigenvalue weighted by Gasteiger charge is 2.45. The summed E-state index contributed by atoms with van der Waals surface area (Å²) in [5.41, 5.74) is 9.14. The number of carbonyl (C=O) groups is 1. The van der Waals surface area contributed by atoms with Crippen LogP contribution < -0.4 is 10.6 Å². The normalized spacial score (nSPS) is 21.3. The molecule has 1 aliphatic heterocycles. The molecule has 2 aromatic rings. The number of ketones is 1. The van der Waals surface area contributed by atoms with E-state index in [1.54, 1.807) is 12.1 Å². The maximum Gasteiger partial charge on any atom is 0.162 e. The van der Waals surface area contributed by atoms with E-state index in [1.165, 1.54) is 11.3 Å². The Morgan fingerprint density at radius 2 is 1.93 bits per heavy atom. The molecule has 4 nitrogen and oxygen atoms in total. The quantitative estimate of drug-likeness (QED) is 0.554. The van der Waals surface area contributed by atoms with Crippen molar-refractivity contribution in [2.45, 2.75) is 32.6 Å². The number of hydrogen-bond acceptors (Lipinski definition) is 5. The minimum absolute atomic E-state index is 0.0741. The zero-order valence-electron chi connectivity index (χ0n) is 16.0. The summed E-state index contributed by atoms with van der Waals surface area (Å²) in [4.78, 5) is 16.1. The Bertz CT molecular complexity index is 1110. The van der Waals surface area contributed by atoms with Gasteiger partial charge in [-0.1, -0.05) is 25.4 Å². The molecule has 1 aromatic carbocycles. The molecule has 29 heavy (non-hydrogen) atoms. The van der Waals surface area contributed by atoms with E-state index in [4.69, 9.17) is 17.3 Å². The zero-order chi connectivity index (χ0) is 20.9. The average Bonchev–Trinajstić information content (AvgIpc) is 3.07. The van der Waals surface area contributed by atoms with Crippen LogP contribution in [-0.2, 0) is 4.79 Å². The molecule has 2 aliphatic rings. The predicted molar refractivity (Wildman–Crippen MR) is 121 cm³/mol. The van der Waals surface area contributed by atoms with E-state index in [-0.39, 0.29) is 11.2 Å². The van der Waals surface area contributed by atoms with E-state index in [2.05, 4.69) is 35.8 Å². The highest BCUT2D eigenvalue weighted by Crippen LogP contribution is 2.51. The third-order valence-electron chi connectivity index (χ3n) is 5.34. The smallest absolute Gasteiger partial charge is 0.162 e. The molecule has 0 spiro atoms. The third-order valence-corrected chi connectivity index (χ3v) is 7.28. The molecule has 1 unspecified atom stereocenters. The number of halogens is 2. The van der Waals surface area contributed by atoms with Gasteiger partial charge in [0.25, 0.3) is 0 Å². The van der Waals surface area contributed by atoms with E-state index in [1.807, 2.05) is 29.2 Å². The molecule has 0 radical (unpaired) electrons. The first-order valence-electron chi connectivity index (χ1n) is 9.19. The van der Waals surface area contributed by atoms with Crippen LogP contribution in [0.2, 0.25) is 5.02 Å². The molecule has 0 saturated carbocycles. The van der Waals surface area contributed by atoms with Gasteiger partial charge < -0.3 is 5.73 Å². The number of benzene rings is 1. The van der Waals surface area contributed by atoms with Gasteiger partial charge in [0.05, 0.1) is 21.3 Å². The Morgan fingerprint density at radius 3 is 2.52 bits per heavy atom. The molecule has 1 aromatic heterocycles. The zero-order valence-corrected chi connectivity index (χ0v) is 19.2. The first-order chi connectivity index (χ1) is 13.7. The summed E-state index contributed by atoms with van der Waals surface area (Å²) < 4.78 is 0.953. The van der Waals surface area contributed by atoms with Crippen LogP contribution in [0, 0.1) is 16.7 Å². The van der Waals surface area contributed by atoms with Crippen LogP contribution in [0.4, 0.5) is 5.69 Å². The minimum Gasteiger partial charge on any atom is -0.384 e. The molecule has 2 N–H and O–H groups in total. The number of nitriles is 1. The number of nitrogens with zero attached hydrogens (tertiary/aromatic N) is 2. The highest BCUT2D eigenvalue weighted by atomic mass is 79.9. The Labute approximate surface area is 187 Å². The van der Waals surface area contributed by atoms with Crippen molar-refractivity contribution < 1.29 is 4.79 Å². The Balaban J connectivity index is 1.99. The van der Waals surface area contributed by atoms with E-state index < -0.39 is 5.92 Å². The van der Waals surface area contributed by atoms with Gasteiger partial charge in [-0.3, -0.25) is 9.69 Å². The van der Waals surface area contributed by atoms with Gasteiger partial charge in [0, 0.05) is 33.3 Å².